The number of hydrogen-bond acceptors (Lipinski definition) is 2. The van der Waals surface area contributed by atoms with Crippen molar-refractivity contribution in [3.63, 3.8) is 0 Å². The molecule has 112 valence electrons. The molecule has 3 heteroatoms. The second-order valence-electron chi connectivity index (χ2n) is 6.84. The van der Waals surface area contributed by atoms with Crippen molar-refractivity contribution >= 4 is 16.7 Å². The van der Waals surface area contributed by atoms with Gasteiger partial charge in [0.05, 0.1) is 5.52 Å². The molecule has 3 nitrogen and oxygen atoms in total. The standard InChI is InChI=1S/C18H25N3/c1-13-14(2)21(12-15-6-7-15)17-16(13)8-9-19-18(17)20-10-4-3-5-11-20/h8-9,15H,3-7,10-12H2,1-2H3. The highest BCUT2D eigenvalue weighted by Crippen LogP contribution is 2.37. The Morgan fingerprint density at radius 3 is 2.62 bits per heavy atom. The molecule has 2 aromatic rings. The molecule has 1 saturated heterocycles. The Morgan fingerprint density at radius 1 is 1.14 bits per heavy atom. The molecule has 0 spiro atoms. The smallest absolute Gasteiger partial charge is 0.153 e. The molecule has 0 amide bonds. The molecule has 2 fully saturated rings. The number of aryl methyl sites for hydroxylation is 1. The van der Waals surface area contributed by atoms with Gasteiger partial charge in [0.2, 0.25) is 0 Å². The van der Waals surface area contributed by atoms with Crippen molar-refractivity contribution in [1.29, 1.82) is 0 Å². The highest BCUT2D eigenvalue weighted by Gasteiger charge is 2.26. The van der Waals surface area contributed by atoms with Gasteiger partial charge in [0.25, 0.3) is 0 Å². The van der Waals surface area contributed by atoms with E-state index in [1.165, 1.54) is 79.7 Å². The first-order chi connectivity index (χ1) is 10.3. The van der Waals surface area contributed by atoms with E-state index in [1.807, 2.05) is 6.20 Å². The molecule has 0 unspecified atom stereocenters. The summed E-state index contributed by atoms with van der Waals surface area (Å²) < 4.78 is 2.55. The summed E-state index contributed by atoms with van der Waals surface area (Å²) in [5.74, 6) is 2.12. The van der Waals surface area contributed by atoms with Crippen LogP contribution >= 0.6 is 0 Å². The molecular formula is C18H25N3. The fourth-order valence-electron chi connectivity index (χ4n) is 3.70. The fourth-order valence-corrected chi connectivity index (χ4v) is 3.70. The van der Waals surface area contributed by atoms with Crippen molar-refractivity contribution in [2.24, 2.45) is 5.92 Å². The van der Waals surface area contributed by atoms with E-state index in [-0.39, 0.29) is 0 Å². The third kappa shape index (κ3) is 2.23. The topological polar surface area (TPSA) is 21.1 Å². The molecule has 2 aliphatic rings. The number of piperidine rings is 1. The van der Waals surface area contributed by atoms with Gasteiger partial charge in [-0.3, -0.25) is 0 Å². The van der Waals surface area contributed by atoms with E-state index in [4.69, 9.17) is 4.98 Å². The molecule has 2 aromatic heterocycles. The van der Waals surface area contributed by atoms with Crippen molar-refractivity contribution in [2.75, 3.05) is 18.0 Å². The SMILES string of the molecule is Cc1c(C)n(CC2CC2)c2c(N3CCCCC3)nccc12. The maximum absolute atomic E-state index is 4.78. The molecule has 0 N–H and O–H groups in total. The first-order valence-corrected chi connectivity index (χ1v) is 8.45. The predicted molar refractivity (Wildman–Crippen MR) is 88.0 cm³/mol. The van der Waals surface area contributed by atoms with Gasteiger partial charge in [0, 0.05) is 36.9 Å². The van der Waals surface area contributed by atoms with Crippen molar-refractivity contribution in [1.82, 2.24) is 9.55 Å². The van der Waals surface area contributed by atoms with Crippen molar-refractivity contribution in [3.8, 4) is 0 Å². The lowest BCUT2D eigenvalue weighted by atomic mass is 10.1. The van der Waals surface area contributed by atoms with E-state index in [9.17, 15) is 0 Å². The van der Waals surface area contributed by atoms with Crippen LogP contribution in [0.2, 0.25) is 0 Å². The quantitative estimate of drug-likeness (QED) is 0.847. The zero-order chi connectivity index (χ0) is 14.4. The summed E-state index contributed by atoms with van der Waals surface area (Å²) in [4.78, 5) is 7.29. The molecular weight excluding hydrogens is 258 g/mol. The van der Waals surface area contributed by atoms with Crippen molar-refractivity contribution in [3.05, 3.63) is 23.5 Å². The normalized spacial score (nSPS) is 19.4. The van der Waals surface area contributed by atoms with Gasteiger partial charge in [-0.15, -0.1) is 0 Å². The zero-order valence-electron chi connectivity index (χ0n) is 13.2. The number of hydrogen-bond donors (Lipinski definition) is 0. The van der Waals surface area contributed by atoms with Crippen LogP contribution in [-0.4, -0.2) is 22.6 Å². The number of fused-ring (bicyclic) bond motifs is 1. The van der Waals surface area contributed by atoms with Crippen LogP contribution in [0, 0.1) is 19.8 Å². The third-order valence-electron chi connectivity index (χ3n) is 5.32. The van der Waals surface area contributed by atoms with E-state index in [0.29, 0.717) is 0 Å². The van der Waals surface area contributed by atoms with Gasteiger partial charge in [0.1, 0.15) is 0 Å². The van der Waals surface area contributed by atoms with E-state index in [2.05, 4.69) is 29.4 Å². The van der Waals surface area contributed by atoms with E-state index >= 15 is 0 Å². The molecule has 1 aliphatic carbocycles. The van der Waals surface area contributed by atoms with E-state index in [0.717, 1.165) is 5.92 Å². The van der Waals surface area contributed by atoms with Crippen LogP contribution in [0.15, 0.2) is 12.3 Å². The Bertz CT molecular complexity index is 661. The molecule has 0 bridgehead atoms. The van der Waals surface area contributed by atoms with Crippen LogP contribution < -0.4 is 4.90 Å². The number of aromatic nitrogens is 2. The summed E-state index contributed by atoms with van der Waals surface area (Å²) in [6.07, 6.45) is 8.78. The first-order valence-electron chi connectivity index (χ1n) is 8.45. The molecule has 0 atom stereocenters. The minimum Gasteiger partial charge on any atom is -0.355 e. The van der Waals surface area contributed by atoms with Crippen LogP contribution in [0.25, 0.3) is 10.9 Å². The van der Waals surface area contributed by atoms with Gasteiger partial charge in [-0.1, -0.05) is 0 Å². The Balaban J connectivity index is 1.87. The molecule has 21 heavy (non-hydrogen) atoms. The molecule has 1 saturated carbocycles. The summed E-state index contributed by atoms with van der Waals surface area (Å²) in [7, 11) is 0. The minimum atomic E-state index is 0.896. The van der Waals surface area contributed by atoms with Crippen LogP contribution in [0.5, 0.6) is 0 Å². The lowest BCUT2D eigenvalue weighted by Crippen LogP contribution is -2.30. The number of pyridine rings is 1. The average molecular weight is 283 g/mol. The monoisotopic (exact) mass is 283 g/mol. The fraction of sp³-hybridized carbons (Fsp3) is 0.611. The lowest BCUT2D eigenvalue weighted by Gasteiger charge is -2.28. The van der Waals surface area contributed by atoms with Crippen molar-refractivity contribution in [2.45, 2.75) is 52.5 Å². The summed E-state index contributed by atoms with van der Waals surface area (Å²) in [6.45, 7) is 8.05. The van der Waals surface area contributed by atoms with Gasteiger partial charge < -0.3 is 9.47 Å². The van der Waals surface area contributed by atoms with E-state index < -0.39 is 0 Å². The Hall–Kier alpha value is -1.51. The maximum atomic E-state index is 4.78. The van der Waals surface area contributed by atoms with Gasteiger partial charge in [-0.25, -0.2) is 4.98 Å². The minimum absolute atomic E-state index is 0.896. The molecule has 0 radical (unpaired) electrons. The summed E-state index contributed by atoms with van der Waals surface area (Å²) in [5, 5.41) is 1.41. The highest BCUT2D eigenvalue weighted by atomic mass is 15.2. The van der Waals surface area contributed by atoms with Crippen LogP contribution in [0.4, 0.5) is 5.82 Å². The maximum Gasteiger partial charge on any atom is 0.153 e. The molecule has 1 aliphatic heterocycles. The van der Waals surface area contributed by atoms with Gasteiger partial charge in [0.15, 0.2) is 5.82 Å². The number of rotatable bonds is 3. The largest absolute Gasteiger partial charge is 0.355 e. The lowest BCUT2D eigenvalue weighted by molar-refractivity contribution is 0.572. The van der Waals surface area contributed by atoms with Crippen molar-refractivity contribution < 1.29 is 0 Å². The van der Waals surface area contributed by atoms with Crippen LogP contribution in [0.1, 0.15) is 43.4 Å². The van der Waals surface area contributed by atoms with E-state index in [1.54, 1.807) is 0 Å². The second kappa shape index (κ2) is 5.04. The second-order valence-corrected chi connectivity index (χ2v) is 6.84. The third-order valence-corrected chi connectivity index (χ3v) is 5.32. The Morgan fingerprint density at radius 2 is 1.90 bits per heavy atom. The average Bonchev–Trinajstić information content (AvgIpc) is 3.32. The molecule has 0 aromatic carbocycles. The van der Waals surface area contributed by atoms with Crippen LogP contribution in [-0.2, 0) is 6.54 Å². The first kappa shape index (κ1) is 13.2. The number of anilines is 1. The molecule has 3 heterocycles. The summed E-state index contributed by atoms with van der Waals surface area (Å²) >= 11 is 0. The summed E-state index contributed by atoms with van der Waals surface area (Å²) in [5.41, 5.74) is 4.26. The van der Waals surface area contributed by atoms with Gasteiger partial charge in [-0.05, 0) is 63.5 Å². The van der Waals surface area contributed by atoms with Crippen LogP contribution in [0.3, 0.4) is 0 Å². The Kier molecular flexibility index (Phi) is 3.16. The van der Waals surface area contributed by atoms with Gasteiger partial charge in [-0.2, -0.15) is 0 Å². The summed E-state index contributed by atoms with van der Waals surface area (Å²) in [6, 6.07) is 2.20. The zero-order valence-corrected chi connectivity index (χ0v) is 13.2. The highest BCUT2D eigenvalue weighted by molar-refractivity contribution is 5.93. The predicted octanol–water partition coefficient (Wildman–Crippen LogP) is 4.05. The molecule has 4 rings (SSSR count). The Labute approximate surface area is 127 Å². The van der Waals surface area contributed by atoms with Gasteiger partial charge >= 0.3 is 0 Å². The number of nitrogens with zero attached hydrogens (tertiary/aromatic N) is 3.